The monoisotopic (exact) mass is 485 g/mol. The smallest absolute Gasteiger partial charge is 0.195 e. The molecule has 4 aromatic rings. The molecule has 178 valence electrons. The molecule has 0 saturated carbocycles. The van der Waals surface area contributed by atoms with Gasteiger partial charge in [0, 0.05) is 45.7 Å². The van der Waals surface area contributed by atoms with Crippen LogP contribution in [0.3, 0.4) is 0 Å². The lowest BCUT2D eigenvalue weighted by Crippen LogP contribution is -2.38. The molecule has 0 spiro atoms. The summed E-state index contributed by atoms with van der Waals surface area (Å²) in [6.45, 7) is 6.71. The van der Waals surface area contributed by atoms with Gasteiger partial charge >= 0.3 is 0 Å². The number of aromatic hydroxyl groups is 2. The van der Waals surface area contributed by atoms with E-state index in [4.69, 9.17) is 4.74 Å². The molecule has 3 aromatic carbocycles. The summed E-state index contributed by atoms with van der Waals surface area (Å²) < 4.78 is 7.01. The van der Waals surface area contributed by atoms with Crippen LogP contribution in [0.15, 0.2) is 79.4 Å². The number of fused-ring (bicyclic) bond motifs is 1. The number of benzene rings is 3. The molecular formula is C29H27NO4S. The number of thiophene rings is 1. The lowest BCUT2D eigenvalue weighted by molar-refractivity contribution is 0.103. The number of phenolic OH excluding ortho intramolecular Hbond substituents is 2. The summed E-state index contributed by atoms with van der Waals surface area (Å²) in [5.41, 5.74) is 2.01. The average molecular weight is 486 g/mol. The zero-order valence-electron chi connectivity index (χ0n) is 19.3. The van der Waals surface area contributed by atoms with Crippen LogP contribution in [0, 0.1) is 0 Å². The van der Waals surface area contributed by atoms with E-state index in [-0.39, 0.29) is 23.4 Å². The first kappa shape index (κ1) is 23.1. The van der Waals surface area contributed by atoms with Crippen LogP contribution in [-0.2, 0) is 0 Å². The number of ketones is 1. The van der Waals surface area contributed by atoms with Gasteiger partial charge < -0.3 is 14.9 Å². The molecule has 1 aromatic heterocycles. The highest BCUT2D eigenvalue weighted by atomic mass is 32.1. The number of ether oxygens (including phenoxy) is 1. The zero-order chi connectivity index (χ0) is 24.4. The highest BCUT2D eigenvalue weighted by Crippen LogP contribution is 2.41. The third kappa shape index (κ3) is 4.94. The van der Waals surface area contributed by atoms with Crippen LogP contribution in [0.5, 0.6) is 17.2 Å². The van der Waals surface area contributed by atoms with E-state index in [2.05, 4.69) is 11.5 Å². The Hall–Kier alpha value is -3.61. The van der Waals surface area contributed by atoms with Crippen molar-refractivity contribution in [1.82, 2.24) is 4.90 Å². The molecule has 5 rings (SSSR count). The number of rotatable bonds is 7. The Morgan fingerprint density at radius 1 is 1.00 bits per heavy atom. The molecule has 1 aliphatic heterocycles. The van der Waals surface area contributed by atoms with Crippen molar-refractivity contribution in [2.45, 2.75) is 18.9 Å². The Balaban J connectivity index is 1.40. The summed E-state index contributed by atoms with van der Waals surface area (Å²) >= 11 is 1.45. The number of likely N-dealkylation sites (tertiary alicyclic amines) is 1. The third-order valence-electron chi connectivity index (χ3n) is 6.37. The Bertz CT molecular complexity index is 1350. The molecule has 0 unspecified atom stereocenters. The normalized spacial score (nSPS) is 14.7. The predicted octanol–water partition coefficient (Wildman–Crippen LogP) is 6.24. The lowest BCUT2D eigenvalue weighted by Gasteiger charge is -2.31. The van der Waals surface area contributed by atoms with Crippen LogP contribution in [-0.4, -0.2) is 46.6 Å². The maximum Gasteiger partial charge on any atom is 0.195 e. The molecule has 35 heavy (non-hydrogen) atoms. The van der Waals surface area contributed by atoms with Gasteiger partial charge in [0.25, 0.3) is 0 Å². The molecular weight excluding hydrogens is 458 g/mol. The number of carbonyl (C=O) groups excluding carboxylic acids is 1. The average Bonchev–Trinajstić information content (AvgIpc) is 3.24. The summed E-state index contributed by atoms with van der Waals surface area (Å²) in [5, 5.41) is 20.5. The second kappa shape index (κ2) is 9.94. The molecule has 1 aliphatic rings. The van der Waals surface area contributed by atoms with Crippen LogP contribution in [0.1, 0.15) is 28.8 Å². The molecule has 6 heteroatoms. The number of phenols is 2. The van der Waals surface area contributed by atoms with Crippen molar-refractivity contribution in [3.63, 3.8) is 0 Å². The first-order chi connectivity index (χ1) is 17.0. The second-order valence-electron chi connectivity index (χ2n) is 8.79. The van der Waals surface area contributed by atoms with Gasteiger partial charge in [-0.15, -0.1) is 17.9 Å². The van der Waals surface area contributed by atoms with Gasteiger partial charge in [-0.3, -0.25) is 9.69 Å². The molecule has 0 radical (unpaired) electrons. The van der Waals surface area contributed by atoms with Crippen molar-refractivity contribution < 1.29 is 19.7 Å². The number of hydrogen-bond acceptors (Lipinski definition) is 6. The van der Waals surface area contributed by atoms with Crippen LogP contribution < -0.4 is 4.74 Å². The Morgan fingerprint density at radius 2 is 1.69 bits per heavy atom. The van der Waals surface area contributed by atoms with Gasteiger partial charge in [-0.2, -0.15) is 0 Å². The Morgan fingerprint density at radius 3 is 2.37 bits per heavy atom. The molecule has 1 saturated heterocycles. The van der Waals surface area contributed by atoms with Crippen molar-refractivity contribution >= 4 is 27.2 Å². The summed E-state index contributed by atoms with van der Waals surface area (Å²) in [4.78, 5) is 16.9. The Kier molecular flexibility index (Phi) is 6.57. The summed E-state index contributed by atoms with van der Waals surface area (Å²) in [5.74, 6) is 1.01. The van der Waals surface area contributed by atoms with Gasteiger partial charge in [0.05, 0.1) is 0 Å². The molecule has 2 heterocycles. The van der Waals surface area contributed by atoms with Crippen LogP contribution in [0.2, 0.25) is 0 Å². The number of piperidine rings is 1. The van der Waals surface area contributed by atoms with E-state index >= 15 is 0 Å². The maximum atomic E-state index is 13.7. The highest BCUT2D eigenvalue weighted by molar-refractivity contribution is 7.22. The van der Waals surface area contributed by atoms with Gasteiger partial charge in [-0.1, -0.05) is 6.08 Å². The SMILES string of the molecule is C=CCN1CCC(Oc2ccc(C(=O)c3c(-c4ccc(O)cc4)sc4cc(O)ccc34)cc2)CC1. The van der Waals surface area contributed by atoms with Crippen molar-refractivity contribution in [3.8, 4) is 27.7 Å². The fourth-order valence-corrected chi connectivity index (χ4v) is 5.78. The maximum absolute atomic E-state index is 13.7. The van der Waals surface area contributed by atoms with E-state index in [0.29, 0.717) is 11.1 Å². The topological polar surface area (TPSA) is 70.0 Å². The Labute approximate surface area is 208 Å². The van der Waals surface area contributed by atoms with Crippen LogP contribution >= 0.6 is 11.3 Å². The standard InChI is InChI=1S/C29H27NO4S/c1-2-15-30-16-13-24(14-17-30)34-23-10-5-19(6-11-23)28(33)27-25-12-9-22(32)18-26(25)35-29(27)20-3-7-21(31)8-4-20/h2-12,18,24,31-32H,1,13-17H2. The molecule has 1 fully saturated rings. The number of nitrogens with zero attached hydrogens (tertiary/aromatic N) is 1. The molecule has 0 aliphatic carbocycles. The van der Waals surface area contributed by atoms with Crippen molar-refractivity contribution in [2.24, 2.45) is 0 Å². The first-order valence-electron chi connectivity index (χ1n) is 11.7. The lowest BCUT2D eigenvalue weighted by atomic mass is 9.97. The van der Waals surface area contributed by atoms with Crippen LogP contribution in [0.25, 0.3) is 20.5 Å². The fourth-order valence-electron chi connectivity index (χ4n) is 4.54. The van der Waals surface area contributed by atoms with Gasteiger partial charge in [-0.25, -0.2) is 0 Å². The van der Waals surface area contributed by atoms with Gasteiger partial charge in [-0.05, 0) is 85.1 Å². The fraction of sp³-hybridized carbons (Fsp3) is 0.207. The van der Waals surface area contributed by atoms with Crippen LogP contribution in [0.4, 0.5) is 0 Å². The van der Waals surface area contributed by atoms with Crippen molar-refractivity contribution in [2.75, 3.05) is 19.6 Å². The minimum absolute atomic E-state index is 0.0886. The van der Waals surface area contributed by atoms with Gasteiger partial charge in [0.1, 0.15) is 23.4 Å². The summed E-state index contributed by atoms with van der Waals surface area (Å²) in [6, 6.07) is 19.2. The molecule has 5 nitrogen and oxygen atoms in total. The van der Waals surface area contributed by atoms with E-state index in [9.17, 15) is 15.0 Å². The number of carbonyl (C=O) groups is 1. The van der Waals surface area contributed by atoms with E-state index in [1.165, 1.54) is 11.3 Å². The third-order valence-corrected chi connectivity index (χ3v) is 7.57. The van der Waals surface area contributed by atoms with E-state index in [1.54, 1.807) is 42.5 Å². The highest BCUT2D eigenvalue weighted by Gasteiger charge is 2.23. The summed E-state index contributed by atoms with van der Waals surface area (Å²) in [7, 11) is 0. The largest absolute Gasteiger partial charge is 0.508 e. The second-order valence-corrected chi connectivity index (χ2v) is 9.85. The van der Waals surface area contributed by atoms with Crippen molar-refractivity contribution in [1.29, 1.82) is 0 Å². The molecule has 2 N–H and O–H groups in total. The quantitative estimate of drug-likeness (QED) is 0.240. The van der Waals surface area contributed by atoms with Gasteiger partial charge in [0.2, 0.25) is 0 Å². The number of hydrogen-bond donors (Lipinski definition) is 2. The molecule has 0 bridgehead atoms. The van der Waals surface area contributed by atoms with Gasteiger partial charge in [0.15, 0.2) is 5.78 Å². The van der Waals surface area contributed by atoms with E-state index in [1.807, 2.05) is 30.3 Å². The summed E-state index contributed by atoms with van der Waals surface area (Å²) in [6.07, 6.45) is 4.05. The van der Waals surface area contributed by atoms with Crippen molar-refractivity contribution in [3.05, 3.63) is 90.5 Å². The zero-order valence-corrected chi connectivity index (χ0v) is 20.1. The van der Waals surface area contributed by atoms with E-state index in [0.717, 1.165) is 58.8 Å². The first-order valence-corrected chi connectivity index (χ1v) is 12.5. The minimum Gasteiger partial charge on any atom is -0.508 e. The molecule has 0 amide bonds. The predicted molar refractivity (Wildman–Crippen MR) is 141 cm³/mol. The van der Waals surface area contributed by atoms with E-state index < -0.39 is 0 Å². The minimum atomic E-state index is -0.0886. The molecule has 0 atom stereocenters.